The van der Waals surface area contributed by atoms with Gasteiger partial charge in [0.05, 0.1) is 5.75 Å². The van der Waals surface area contributed by atoms with E-state index in [0.29, 0.717) is 22.9 Å². The van der Waals surface area contributed by atoms with Gasteiger partial charge in [0, 0.05) is 26.2 Å². The number of amides is 1. The van der Waals surface area contributed by atoms with Crippen LogP contribution in [0.2, 0.25) is 0 Å². The molecule has 0 saturated heterocycles. The van der Waals surface area contributed by atoms with Crippen LogP contribution in [-0.4, -0.2) is 30.8 Å². The molecular formula is C21H25N5O3S. The fraction of sp³-hybridized carbons (Fsp3) is 0.381. The van der Waals surface area contributed by atoms with Crippen molar-refractivity contribution in [2.24, 2.45) is 14.1 Å². The number of nitrogens with one attached hydrogen (secondary N) is 1. The lowest BCUT2D eigenvalue weighted by Crippen LogP contribution is -2.38. The molecule has 0 atom stereocenters. The average molecular weight is 428 g/mol. The summed E-state index contributed by atoms with van der Waals surface area (Å²) < 4.78 is 2.38. The van der Waals surface area contributed by atoms with Gasteiger partial charge in [0.2, 0.25) is 5.91 Å². The number of nitrogens with zero attached hydrogens (tertiary/aromatic N) is 4. The SMILES string of the molecule is CCCc1nc(SCC(=O)Nc2cc(C)ccc2C)c2c(=O)n(C)c(=O)n(C)c2n1. The molecule has 0 radical (unpaired) electrons. The highest BCUT2D eigenvalue weighted by Gasteiger charge is 2.18. The molecule has 3 rings (SSSR count). The van der Waals surface area contributed by atoms with Gasteiger partial charge >= 0.3 is 5.69 Å². The lowest BCUT2D eigenvalue weighted by Gasteiger charge is -2.12. The van der Waals surface area contributed by atoms with Crippen LogP contribution in [0.4, 0.5) is 5.69 Å². The number of hydrogen-bond donors (Lipinski definition) is 1. The number of thioether (sulfide) groups is 1. The zero-order valence-electron chi connectivity index (χ0n) is 17.8. The molecule has 9 heteroatoms. The Morgan fingerprint density at radius 1 is 1.13 bits per heavy atom. The van der Waals surface area contributed by atoms with Gasteiger partial charge in [0.25, 0.3) is 5.56 Å². The molecule has 2 aromatic heterocycles. The zero-order valence-corrected chi connectivity index (χ0v) is 18.6. The van der Waals surface area contributed by atoms with E-state index in [1.54, 1.807) is 7.05 Å². The third-order valence-electron chi connectivity index (χ3n) is 4.79. The molecule has 8 nitrogen and oxygen atoms in total. The van der Waals surface area contributed by atoms with Gasteiger partial charge in [-0.25, -0.2) is 14.8 Å². The number of carbonyl (C=O) groups excluding carboxylic acids is 1. The Bertz CT molecular complexity index is 1250. The maximum atomic E-state index is 12.8. The van der Waals surface area contributed by atoms with Crippen molar-refractivity contribution < 1.29 is 4.79 Å². The van der Waals surface area contributed by atoms with Gasteiger partial charge in [-0.05, 0) is 37.5 Å². The van der Waals surface area contributed by atoms with Crippen LogP contribution in [0.3, 0.4) is 0 Å². The van der Waals surface area contributed by atoms with Crippen LogP contribution in [0.15, 0.2) is 32.8 Å². The average Bonchev–Trinajstić information content (AvgIpc) is 2.71. The van der Waals surface area contributed by atoms with E-state index >= 15 is 0 Å². The van der Waals surface area contributed by atoms with Crippen LogP contribution in [0, 0.1) is 13.8 Å². The van der Waals surface area contributed by atoms with Crippen molar-refractivity contribution in [3.8, 4) is 0 Å². The second-order valence-corrected chi connectivity index (χ2v) is 8.22. The Balaban J connectivity index is 1.96. The highest BCUT2D eigenvalue weighted by Crippen LogP contribution is 2.23. The van der Waals surface area contributed by atoms with Gasteiger partial charge in [-0.2, -0.15) is 0 Å². The summed E-state index contributed by atoms with van der Waals surface area (Å²) in [4.78, 5) is 46.6. The summed E-state index contributed by atoms with van der Waals surface area (Å²) in [6.45, 7) is 5.90. The first-order valence-corrected chi connectivity index (χ1v) is 10.7. The van der Waals surface area contributed by atoms with E-state index in [0.717, 1.165) is 27.8 Å². The van der Waals surface area contributed by atoms with Crippen molar-refractivity contribution in [2.75, 3.05) is 11.1 Å². The quantitative estimate of drug-likeness (QED) is 0.479. The third-order valence-corrected chi connectivity index (χ3v) is 5.77. The number of rotatable bonds is 6. The monoisotopic (exact) mass is 427 g/mol. The van der Waals surface area contributed by atoms with Gasteiger partial charge < -0.3 is 5.32 Å². The number of benzene rings is 1. The summed E-state index contributed by atoms with van der Waals surface area (Å²) in [6, 6.07) is 5.86. The smallest absolute Gasteiger partial charge is 0.325 e. The minimum atomic E-state index is -0.464. The highest BCUT2D eigenvalue weighted by molar-refractivity contribution is 8.00. The minimum absolute atomic E-state index is 0.0804. The van der Waals surface area contributed by atoms with Crippen LogP contribution in [-0.2, 0) is 25.3 Å². The molecule has 2 heterocycles. The standard InChI is InChI=1S/C21H25N5O3S/c1-6-7-15-23-18-17(20(28)26(5)21(29)25(18)4)19(24-15)30-11-16(27)22-14-10-12(2)8-9-13(14)3/h8-10H,6-7,11H2,1-5H3,(H,22,27). The van der Waals surface area contributed by atoms with Gasteiger partial charge in [0.15, 0.2) is 5.65 Å². The molecule has 1 aromatic carbocycles. The van der Waals surface area contributed by atoms with Gasteiger partial charge in [-0.3, -0.25) is 18.7 Å². The molecule has 0 fully saturated rings. The second-order valence-electron chi connectivity index (χ2n) is 7.25. The fourth-order valence-corrected chi connectivity index (χ4v) is 3.94. The highest BCUT2D eigenvalue weighted by atomic mass is 32.2. The number of aromatic nitrogens is 4. The molecule has 0 saturated carbocycles. The van der Waals surface area contributed by atoms with Crippen molar-refractivity contribution in [1.29, 1.82) is 0 Å². The van der Waals surface area contributed by atoms with Crippen LogP contribution in [0.25, 0.3) is 11.0 Å². The third kappa shape index (κ3) is 4.30. The summed E-state index contributed by atoms with van der Waals surface area (Å²) in [5.74, 6) is 0.432. The second kappa shape index (κ2) is 8.83. The summed E-state index contributed by atoms with van der Waals surface area (Å²) in [5.41, 5.74) is 2.17. The summed E-state index contributed by atoms with van der Waals surface area (Å²) in [6.07, 6.45) is 1.43. The first kappa shape index (κ1) is 21.8. The van der Waals surface area contributed by atoms with E-state index in [1.165, 1.54) is 23.4 Å². The molecule has 0 aliphatic carbocycles. The summed E-state index contributed by atoms with van der Waals surface area (Å²) >= 11 is 1.17. The fourth-order valence-electron chi connectivity index (χ4n) is 3.10. The molecular weight excluding hydrogens is 402 g/mol. The van der Waals surface area contributed by atoms with E-state index < -0.39 is 11.2 Å². The van der Waals surface area contributed by atoms with Crippen molar-refractivity contribution >= 4 is 34.4 Å². The lowest BCUT2D eigenvalue weighted by atomic mass is 10.1. The minimum Gasteiger partial charge on any atom is -0.325 e. The maximum absolute atomic E-state index is 12.8. The molecule has 30 heavy (non-hydrogen) atoms. The summed E-state index contributed by atoms with van der Waals surface area (Å²) in [5, 5.41) is 3.58. The maximum Gasteiger partial charge on any atom is 0.332 e. The predicted molar refractivity (Wildman–Crippen MR) is 119 cm³/mol. The molecule has 1 N–H and O–H groups in total. The zero-order chi connectivity index (χ0) is 22.0. The predicted octanol–water partition coefficient (Wildman–Crippen LogP) is 2.33. The number of fused-ring (bicyclic) bond motifs is 1. The molecule has 0 unspecified atom stereocenters. The van der Waals surface area contributed by atoms with E-state index in [1.807, 2.05) is 39.0 Å². The molecule has 0 aliphatic heterocycles. The normalized spacial score (nSPS) is 11.1. The Morgan fingerprint density at radius 2 is 1.87 bits per heavy atom. The Morgan fingerprint density at radius 3 is 2.57 bits per heavy atom. The first-order chi connectivity index (χ1) is 14.2. The van der Waals surface area contributed by atoms with Crippen molar-refractivity contribution in [1.82, 2.24) is 19.1 Å². The van der Waals surface area contributed by atoms with Crippen LogP contribution < -0.4 is 16.6 Å². The largest absolute Gasteiger partial charge is 0.332 e. The van der Waals surface area contributed by atoms with Crippen molar-refractivity contribution in [3.05, 3.63) is 56.0 Å². The van der Waals surface area contributed by atoms with Crippen molar-refractivity contribution in [2.45, 2.75) is 38.6 Å². The van der Waals surface area contributed by atoms with Crippen molar-refractivity contribution in [3.63, 3.8) is 0 Å². The van der Waals surface area contributed by atoms with Gasteiger partial charge in [-0.1, -0.05) is 30.8 Å². The number of aryl methyl sites for hydroxylation is 4. The number of carbonyl (C=O) groups is 1. The van der Waals surface area contributed by atoms with Crippen LogP contribution in [0.5, 0.6) is 0 Å². The summed E-state index contributed by atoms with van der Waals surface area (Å²) in [7, 11) is 3.00. The Labute approximate surface area is 178 Å². The Hall–Kier alpha value is -2.94. The number of anilines is 1. The van der Waals surface area contributed by atoms with Gasteiger partial charge in [0.1, 0.15) is 16.2 Å². The molecule has 158 valence electrons. The molecule has 0 aliphatic rings. The lowest BCUT2D eigenvalue weighted by molar-refractivity contribution is -0.113. The molecule has 0 spiro atoms. The molecule has 0 bridgehead atoms. The van der Waals surface area contributed by atoms with E-state index in [4.69, 9.17) is 0 Å². The molecule has 3 aromatic rings. The van der Waals surface area contributed by atoms with Crippen LogP contribution in [0.1, 0.15) is 30.3 Å². The topological polar surface area (TPSA) is 98.9 Å². The van der Waals surface area contributed by atoms with E-state index in [2.05, 4.69) is 15.3 Å². The van der Waals surface area contributed by atoms with E-state index in [9.17, 15) is 14.4 Å². The first-order valence-electron chi connectivity index (χ1n) is 9.69. The molecule has 1 amide bonds. The Kier molecular flexibility index (Phi) is 6.40. The van der Waals surface area contributed by atoms with Gasteiger partial charge in [-0.15, -0.1) is 0 Å². The van der Waals surface area contributed by atoms with Crippen LogP contribution >= 0.6 is 11.8 Å². The van der Waals surface area contributed by atoms with E-state index in [-0.39, 0.29) is 17.0 Å². The number of hydrogen-bond acceptors (Lipinski definition) is 6.